The number of nitrogens with zero attached hydrogens (tertiary/aromatic N) is 4. The van der Waals surface area contributed by atoms with Crippen molar-refractivity contribution < 1.29 is 9.18 Å². The molecule has 1 saturated heterocycles. The molecule has 0 radical (unpaired) electrons. The lowest BCUT2D eigenvalue weighted by molar-refractivity contribution is -0.131. The van der Waals surface area contributed by atoms with E-state index in [1.165, 1.54) is 25.0 Å². The van der Waals surface area contributed by atoms with E-state index in [1.54, 1.807) is 21.4 Å². The zero-order valence-corrected chi connectivity index (χ0v) is 19.2. The molecule has 1 aliphatic heterocycles. The van der Waals surface area contributed by atoms with Gasteiger partial charge in [0, 0.05) is 37.0 Å². The highest BCUT2D eigenvalue weighted by Crippen LogP contribution is 2.27. The number of aromatic nitrogens is 3. The number of aryl methyl sites for hydroxylation is 3. The largest absolute Gasteiger partial charge is 0.343 e. The van der Waals surface area contributed by atoms with Crippen LogP contribution in [0.1, 0.15) is 55.8 Å². The first kappa shape index (κ1) is 22.2. The van der Waals surface area contributed by atoms with Crippen LogP contribution in [0.2, 0.25) is 0 Å². The maximum Gasteiger partial charge on any atom is 0.255 e. The van der Waals surface area contributed by atoms with Crippen LogP contribution < -0.4 is 5.56 Å². The van der Waals surface area contributed by atoms with Crippen molar-refractivity contribution in [1.29, 1.82) is 0 Å². The molecule has 4 rings (SSSR count). The SMILES string of the molecule is CCn1c(=O)c(CCC(=O)N2CCCCCC2)c(C)c2c(C)nn(-c3cccc(F)c3)c21. The number of carbonyl (C=O) groups excluding carboxylic acids is 1. The van der Waals surface area contributed by atoms with Gasteiger partial charge in [0.1, 0.15) is 11.5 Å². The summed E-state index contributed by atoms with van der Waals surface area (Å²) < 4.78 is 17.2. The summed E-state index contributed by atoms with van der Waals surface area (Å²) in [7, 11) is 0. The summed E-state index contributed by atoms with van der Waals surface area (Å²) >= 11 is 0. The van der Waals surface area contributed by atoms with Gasteiger partial charge in [-0.2, -0.15) is 5.10 Å². The summed E-state index contributed by atoms with van der Waals surface area (Å²) in [6.45, 7) is 7.84. The smallest absolute Gasteiger partial charge is 0.255 e. The van der Waals surface area contributed by atoms with Crippen molar-refractivity contribution in [3.8, 4) is 5.69 Å². The number of benzene rings is 1. The molecule has 1 aromatic carbocycles. The van der Waals surface area contributed by atoms with Gasteiger partial charge in [0.2, 0.25) is 5.91 Å². The van der Waals surface area contributed by atoms with E-state index in [0.29, 0.717) is 36.3 Å². The second kappa shape index (κ2) is 9.27. The maximum absolute atomic E-state index is 13.9. The van der Waals surface area contributed by atoms with Gasteiger partial charge in [-0.3, -0.25) is 14.2 Å². The monoisotopic (exact) mass is 438 g/mol. The van der Waals surface area contributed by atoms with Crippen molar-refractivity contribution in [2.24, 2.45) is 0 Å². The van der Waals surface area contributed by atoms with Crippen molar-refractivity contribution in [1.82, 2.24) is 19.2 Å². The van der Waals surface area contributed by atoms with Gasteiger partial charge < -0.3 is 4.90 Å². The second-order valence-corrected chi connectivity index (χ2v) is 8.62. The molecule has 170 valence electrons. The van der Waals surface area contributed by atoms with Gasteiger partial charge in [-0.15, -0.1) is 0 Å². The lowest BCUT2D eigenvalue weighted by atomic mass is 10.0. The van der Waals surface area contributed by atoms with E-state index in [-0.39, 0.29) is 17.3 Å². The fraction of sp³-hybridized carbons (Fsp3) is 0.480. The minimum absolute atomic E-state index is 0.0984. The Morgan fingerprint density at radius 2 is 1.84 bits per heavy atom. The van der Waals surface area contributed by atoms with Crippen molar-refractivity contribution in [3.63, 3.8) is 0 Å². The van der Waals surface area contributed by atoms with Crippen LogP contribution in [0, 0.1) is 19.7 Å². The molecule has 0 spiro atoms. The minimum atomic E-state index is -0.352. The molecule has 3 heterocycles. The van der Waals surface area contributed by atoms with Gasteiger partial charge in [-0.25, -0.2) is 9.07 Å². The van der Waals surface area contributed by atoms with Crippen LogP contribution in [0.4, 0.5) is 4.39 Å². The standard InChI is InChI=1S/C25H31FN4O2/c1-4-29-24-23(18(3)27-30(24)20-11-9-10-19(26)16-20)17(2)21(25(29)32)12-13-22(31)28-14-7-5-6-8-15-28/h9-11,16H,4-8,12-15H2,1-3H3. The average Bonchev–Trinajstić information content (AvgIpc) is 2.93. The van der Waals surface area contributed by atoms with Crippen LogP contribution in [-0.2, 0) is 17.8 Å². The fourth-order valence-electron chi connectivity index (χ4n) is 4.86. The Morgan fingerprint density at radius 3 is 2.50 bits per heavy atom. The van der Waals surface area contributed by atoms with E-state index >= 15 is 0 Å². The lowest BCUT2D eigenvalue weighted by Crippen LogP contribution is -2.33. The first-order chi connectivity index (χ1) is 15.4. The molecular weight excluding hydrogens is 407 g/mol. The van der Waals surface area contributed by atoms with Gasteiger partial charge in [0.25, 0.3) is 5.56 Å². The molecule has 1 aliphatic rings. The second-order valence-electron chi connectivity index (χ2n) is 8.62. The quantitative estimate of drug-likeness (QED) is 0.597. The molecule has 0 unspecified atom stereocenters. The Balaban J connectivity index is 1.74. The Hall–Kier alpha value is -2.96. The number of likely N-dealkylation sites (tertiary alicyclic amines) is 1. The molecule has 1 fully saturated rings. The summed E-state index contributed by atoms with van der Waals surface area (Å²) in [5.74, 6) is -0.226. The number of amides is 1. The summed E-state index contributed by atoms with van der Waals surface area (Å²) in [6.07, 6.45) is 5.21. The summed E-state index contributed by atoms with van der Waals surface area (Å²) in [4.78, 5) is 28.2. The Kier molecular flexibility index (Phi) is 6.44. The van der Waals surface area contributed by atoms with Crippen molar-refractivity contribution in [3.05, 3.63) is 57.3 Å². The number of halogens is 1. The number of rotatable bonds is 5. The molecule has 1 amide bonds. The summed E-state index contributed by atoms with van der Waals surface area (Å²) in [5, 5.41) is 5.54. The number of pyridine rings is 1. The first-order valence-electron chi connectivity index (χ1n) is 11.6. The molecule has 2 aromatic heterocycles. The number of hydrogen-bond acceptors (Lipinski definition) is 3. The predicted molar refractivity (Wildman–Crippen MR) is 124 cm³/mol. The normalized spacial score (nSPS) is 14.7. The molecule has 0 saturated carbocycles. The number of fused-ring (bicyclic) bond motifs is 1. The van der Waals surface area contributed by atoms with Crippen LogP contribution in [-0.4, -0.2) is 38.2 Å². The highest BCUT2D eigenvalue weighted by molar-refractivity contribution is 5.85. The van der Waals surface area contributed by atoms with Crippen LogP contribution in [0.5, 0.6) is 0 Å². The van der Waals surface area contributed by atoms with Crippen molar-refractivity contribution in [2.45, 2.75) is 65.8 Å². The Labute approximate surface area is 187 Å². The van der Waals surface area contributed by atoms with Crippen LogP contribution in [0.15, 0.2) is 29.1 Å². The third-order valence-electron chi connectivity index (χ3n) is 6.54. The van der Waals surface area contributed by atoms with Crippen LogP contribution in [0.3, 0.4) is 0 Å². The zero-order valence-electron chi connectivity index (χ0n) is 19.2. The molecule has 7 heteroatoms. The molecular formula is C25H31FN4O2. The van der Waals surface area contributed by atoms with E-state index in [4.69, 9.17) is 0 Å². The highest BCUT2D eigenvalue weighted by Gasteiger charge is 2.22. The Bertz CT molecular complexity index is 1200. The molecule has 0 aliphatic carbocycles. The molecule has 0 bridgehead atoms. The third kappa shape index (κ3) is 4.08. The van der Waals surface area contributed by atoms with Crippen molar-refractivity contribution in [2.75, 3.05) is 13.1 Å². The maximum atomic E-state index is 13.9. The van der Waals surface area contributed by atoms with E-state index in [0.717, 1.165) is 42.6 Å². The summed E-state index contributed by atoms with van der Waals surface area (Å²) in [5.41, 5.74) is 3.46. The predicted octanol–water partition coefficient (Wildman–Crippen LogP) is 4.30. The van der Waals surface area contributed by atoms with Gasteiger partial charge in [0.15, 0.2) is 0 Å². The van der Waals surface area contributed by atoms with Gasteiger partial charge in [0.05, 0.1) is 11.4 Å². The van der Waals surface area contributed by atoms with E-state index < -0.39 is 0 Å². The first-order valence-corrected chi connectivity index (χ1v) is 11.6. The highest BCUT2D eigenvalue weighted by atomic mass is 19.1. The van der Waals surface area contributed by atoms with E-state index in [1.807, 2.05) is 25.7 Å². The molecule has 0 atom stereocenters. The lowest BCUT2D eigenvalue weighted by Gasteiger charge is -2.20. The topological polar surface area (TPSA) is 60.1 Å². The Morgan fingerprint density at radius 1 is 1.12 bits per heavy atom. The van der Waals surface area contributed by atoms with Crippen LogP contribution >= 0.6 is 0 Å². The molecule has 6 nitrogen and oxygen atoms in total. The number of carbonyl (C=O) groups is 1. The molecule has 0 N–H and O–H groups in total. The van der Waals surface area contributed by atoms with E-state index in [9.17, 15) is 14.0 Å². The fourth-order valence-corrected chi connectivity index (χ4v) is 4.86. The van der Waals surface area contributed by atoms with Gasteiger partial charge >= 0.3 is 0 Å². The van der Waals surface area contributed by atoms with Crippen LogP contribution in [0.25, 0.3) is 16.7 Å². The third-order valence-corrected chi connectivity index (χ3v) is 6.54. The van der Waals surface area contributed by atoms with E-state index in [2.05, 4.69) is 5.10 Å². The molecule has 3 aromatic rings. The number of hydrogen-bond donors (Lipinski definition) is 0. The average molecular weight is 439 g/mol. The van der Waals surface area contributed by atoms with Gasteiger partial charge in [-0.1, -0.05) is 18.9 Å². The van der Waals surface area contributed by atoms with Crippen molar-refractivity contribution >= 4 is 16.9 Å². The minimum Gasteiger partial charge on any atom is -0.343 e. The zero-order chi connectivity index (χ0) is 22.8. The summed E-state index contributed by atoms with van der Waals surface area (Å²) in [6, 6.07) is 6.22. The molecule has 32 heavy (non-hydrogen) atoms. The van der Waals surface area contributed by atoms with Gasteiger partial charge in [-0.05, 0) is 63.8 Å².